The van der Waals surface area contributed by atoms with Crippen LogP contribution in [0, 0.1) is 0 Å². The SMILES string of the molecule is CCCCCCCCCCCCC/C=C/[C@@H](O)[C@H](CP(=O)(O)OCC[N+](C)(C)C)NC(=O)CCCCCCCCCCCCCCC. The number of hydrogen-bond acceptors (Lipinski definition) is 4. The van der Waals surface area contributed by atoms with Crippen molar-refractivity contribution in [3.05, 3.63) is 12.2 Å². The van der Waals surface area contributed by atoms with Crippen LogP contribution in [0.4, 0.5) is 0 Å². The number of rotatable bonds is 35. The molecule has 0 aliphatic carbocycles. The lowest BCUT2D eigenvalue weighted by molar-refractivity contribution is -0.870. The van der Waals surface area contributed by atoms with Crippen LogP contribution in [0.5, 0.6) is 0 Å². The maximum atomic E-state index is 12.9. The van der Waals surface area contributed by atoms with Crippen molar-refractivity contribution in [2.75, 3.05) is 40.5 Å². The number of amides is 1. The molecule has 47 heavy (non-hydrogen) atoms. The van der Waals surface area contributed by atoms with Crippen molar-refractivity contribution in [3.8, 4) is 0 Å². The van der Waals surface area contributed by atoms with Gasteiger partial charge in [0.2, 0.25) is 5.91 Å². The molecule has 0 aromatic rings. The van der Waals surface area contributed by atoms with Crippen LogP contribution in [0.15, 0.2) is 12.2 Å². The van der Waals surface area contributed by atoms with Gasteiger partial charge in [0.1, 0.15) is 13.2 Å². The highest BCUT2D eigenvalue weighted by Gasteiger charge is 2.30. The molecule has 1 unspecified atom stereocenters. The van der Waals surface area contributed by atoms with Crippen molar-refractivity contribution in [1.82, 2.24) is 5.32 Å². The van der Waals surface area contributed by atoms with Gasteiger partial charge in [-0.25, -0.2) is 0 Å². The first-order chi connectivity index (χ1) is 22.5. The Bertz CT molecular complexity index is 786. The second kappa shape index (κ2) is 31.3. The average molecular weight is 688 g/mol. The number of quaternary nitrogens is 1. The Kier molecular flexibility index (Phi) is 30.8. The third-order valence-corrected chi connectivity index (χ3v) is 10.5. The Balaban J connectivity index is 4.49. The summed E-state index contributed by atoms with van der Waals surface area (Å²) in [4.78, 5) is 23.4. The van der Waals surface area contributed by atoms with E-state index >= 15 is 0 Å². The molecule has 0 fully saturated rings. The molecule has 0 aromatic carbocycles. The summed E-state index contributed by atoms with van der Waals surface area (Å²) in [5.74, 6) is -0.178. The summed E-state index contributed by atoms with van der Waals surface area (Å²) in [6.45, 7) is 5.24. The summed E-state index contributed by atoms with van der Waals surface area (Å²) in [5.41, 5.74) is 0. The number of allylic oxidation sites excluding steroid dienone is 1. The molecule has 0 aliphatic rings. The molecule has 0 aromatic heterocycles. The summed E-state index contributed by atoms with van der Waals surface area (Å²) in [7, 11) is 1.99. The van der Waals surface area contributed by atoms with Crippen LogP contribution in [0.2, 0.25) is 0 Å². The molecule has 8 heteroatoms. The van der Waals surface area contributed by atoms with Gasteiger partial charge in [-0.2, -0.15) is 0 Å². The summed E-state index contributed by atoms with van der Waals surface area (Å²) >= 11 is 0. The van der Waals surface area contributed by atoms with E-state index in [0.717, 1.165) is 32.1 Å². The monoisotopic (exact) mass is 688 g/mol. The van der Waals surface area contributed by atoms with Gasteiger partial charge in [0.25, 0.3) is 0 Å². The van der Waals surface area contributed by atoms with Crippen molar-refractivity contribution in [1.29, 1.82) is 0 Å². The van der Waals surface area contributed by atoms with Crippen molar-refractivity contribution in [3.63, 3.8) is 0 Å². The standard InChI is InChI=1S/C39H79N2O5P/c1-6-8-10-12-14-16-18-20-22-24-26-28-30-32-38(42)37(36-47(44,45)46-35-34-41(3,4)5)40-39(43)33-31-29-27-25-23-21-19-17-15-13-11-9-7-2/h30,32,37-38,42H,6-29,31,33-36H2,1-5H3,(H-,40,43,44,45)/p+1/b32-30+/t37-,38+/m0/s1. The number of carbonyl (C=O) groups excluding carboxylic acids is 1. The lowest BCUT2D eigenvalue weighted by atomic mass is 10.0. The second-order valence-electron chi connectivity index (χ2n) is 15.1. The van der Waals surface area contributed by atoms with Gasteiger partial charge < -0.3 is 24.3 Å². The van der Waals surface area contributed by atoms with Crippen LogP contribution < -0.4 is 5.32 Å². The highest BCUT2D eigenvalue weighted by atomic mass is 31.2. The quantitative estimate of drug-likeness (QED) is 0.0267. The Hall–Kier alpha value is -0.720. The Morgan fingerprint density at radius 2 is 1.11 bits per heavy atom. The number of hydrogen-bond donors (Lipinski definition) is 3. The zero-order valence-corrected chi connectivity index (χ0v) is 32.7. The molecule has 0 aliphatic heterocycles. The van der Waals surface area contributed by atoms with Gasteiger partial charge in [0.05, 0.1) is 39.5 Å². The van der Waals surface area contributed by atoms with E-state index in [0.29, 0.717) is 17.4 Å². The van der Waals surface area contributed by atoms with Gasteiger partial charge in [-0.05, 0) is 19.3 Å². The highest BCUT2D eigenvalue weighted by molar-refractivity contribution is 7.52. The third kappa shape index (κ3) is 33.5. The first kappa shape index (κ1) is 46.3. The van der Waals surface area contributed by atoms with Gasteiger partial charge in [0, 0.05) is 6.42 Å². The van der Waals surface area contributed by atoms with Crippen LogP contribution in [0.3, 0.4) is 0 Å². The lowest BCUT2D eigenvalue weighted by Gasteiger charge is -2.26. The predicted molar refractivity (Wildman–Crippen MR) is 202 cm³/mol. The van der Waals surface area contributed by atoms with Crippen LogP contribution in [-0.2, 0) is 13.9 Å². The van der Waals surface area contributed by atoms with E-state index in [1.165, 1.54) is 128 Å². The van der Waals surface area contributed by atoms with Crippen LogP contribution >= 0.6 is 7.60 Å². The van der Waals surface area contributed by atoms with Crippen molar-refractivity contribution in [2.24, 2.45) is 0 Å². The number of nitrogens with one attached hydrogen (secondary N) is 1. The number of aliphatic hydroxyl groups is 1. The molecule has 7 nitrogen and oxygen atoms in total. The Morgan fingerprint density at radius 3 is 1.53 bits per heavy atom. The largest absolute Gasteiger partial charge is 0.387 e. The minimum Gasteiger partial charge on any atom is -0.387 e. The van der Waals surface area contributed by atoms with Gasteiger partial charge in [-0.3, -0.25) is 9.36 Å². The van der Waals surface area contributed by atoms with Crippen LogP contribution in [0.25, 0.3) is 0 Å². The molecule has 280 valence electrons. The first-order valence-corrected chi connectivity index (χ1v) is 21.7. The van der Waals surface area contributed by atoms with E-state index in [-0.39, 0.29) is 18.7 Å². The molecule has 0 saturated heterocycles. The highest BCUT2D eigenvalue weighted by Crippen LogP contribution is 2.43. The average Bonchev–Trinajstić information content (AvgIpc) is 3.00. The summed E-state index contributed by atoms with van der Waals surface area (Å²) in [5, 5.41) is 13.8. The predicted octanol–water partition coefficient (Wildman–Crippen LogP) is 10.5. The number of carbonyl (C=O) groups is 1. The minimum absolute atomic E-state index is 0.141. The molecule has 3 atom stereocenters. The molecule has 0 radical (unpaired) electrons. The third-order valence-electron chi connectivity index (χ3n) is 9.06. The van der Waals surface area contributed by atoms with E-state index in [4.69, 9.17) is 4.52 Å². The summed E-state index contributed by atoms with van der Waals surface area (Å²) in [6, 6.07) is -0.863. The molecule has 3 N–H and O–H groups in total. The smallest absolute Gasteiger partial charge is 0.330 e. The van der Waals surface area contributed by atoms with Crippen molar-refractivity contribution < 1.29 is 28.4 Å². The fourth-order valence-corrected chi connectivity index (χ4v) is 7.15. The normalized spacial score (nSPS) is 14.8. The first-order valence-electron chi connectivity index (χ1n) is 19.9. The van der Waals surface area contributed by atoms with E-state index < -0.39 is 19.7 Å². The molecule has 0 saturated carbocycles. The number of unbranched alkanes of at least 4 members (excludes halogenated alkanes) is 23. The zero-order valence-electron chi connectivity index (χ0n) is 31.8. The fraction of sp³-hybridized carbons (Fsp3) is 0.923. The molecular weight excluding hydrogens is 607 g/mol. The minimum atomic E-state index is -4.00. The van der Waals surface area contributed by atoms with Gasteiger partial charge in [0.15, 0.2) is 0 Å². The lowest BCUT2D eigenvalue weighted by Crippen LogP contribution is -2.45. The molecular formula is C39H80N2O5P+. The maximum Gasteiger partial charge on any atom is 0.330 e. The number of aliphatic hydroxyl groups excluding tert-OH is 1. The van der Waals surface area contributed by atoms with E-state index in [2.05, 4.69) is 19.2 Å². The number of likely N-dealkylation sites (N-methyl/N-ethyl adjacent to an activating group) is 1. The molecule has 0 spiro atoms. The Morgan fingerprint density at radius 1 is 0.702 bits per heavy atom. The summed E-state index contributed by atoms with van der Waals surface area (Å²) < 4.78 is 18.9. The molecule has 1 amide bonds. The van der Waals surface area contributed by atoms with E-state index in [9.17, 15) is 19.4 Å². The summed E-state index contributed by atoms with van der Waals surface area (Å²) in [6.07, 6.45) is 33.9. The topological polar surface area (TPSA) is 95.9 Å². The Labute approximate surface area is 292 Å². The van der Waals surface area contributed by atoms with Crippen LogP contribution in [0.1, 0.15) is 181 Å². The molecule has 0 rings (SSSR count). The van der Waals surface area contributed by atoms with Crippen LogP contribution in [-0.4, -0.2) is 73.0 Å². The van der Waals surface area contributed by atoms with Gasteiger partial charge >= 0.3 is 7.60 Å². The van der Waals surface area contributed by atoms with E-state index in [1.54, 1.807) is 6.08 Å². The van der Waals surface area contributed by atoms with Gasteiger partial charge in [-0.1, -0.05) is 167 Å². The zero-order chi connectivity index (χ0) is 35.1. The molecule has 0 bridgehead atoms. The number of nitrogens with zero attached hydrogens (tertiary/aromatic N) is 1. The second-order valence-corrected chi connectivity index (χ2v) is 17.0. The van der Waals surface area contributed by atoms with Crippen molar-refractivity contribution in [2.45, 2.75) is 193 Å². The fourth-order valence-electron chi connectivity index (χ4n) is 5.88. The van der Waals surface area contributed by atoms with Crippen molar-refractivity contribution >= 4 is 13.5 Å². The van der Waals surface area contributed by atoms with Gasteiger partial charge in [-0.15, -0.1) is 0 Å². The maximum absolute atomic E-state index is 12.9. The molecule has 0 heterocycles. The van der Waals surface area contributed by atoms with E-state index in [1.807, 2.05) is 27.2 Å².